The lowest BCUT2D eigenvalue weighted by molar-refractivity contribution is -0.132. The fourth-order valence-electron chi connectivity index (χ4n) is 3.12. The van der Waals surface area contributed by atoms with Crippen LogP contribution in [0, 0.1) is 0 Å². The van der Waals surface area contributed by atoms with E-state index in [4.69, 9.17) is 23.2 Å². The summed E-state index contributed by atoms with van der Waals surface area (Å²) in [5.74, 6) is -1.71. The number of amides is 2. The summed E-state index contributed by atoms with van der Waals surface area (Å²) in [4.78, 5) is 28.2. The molecule has 2 aromatic rings. The second-order valence-corrected chi connectivity index (χ2v) is 9.70. The third-order valence-electron chi connectivity index (χ3n) is 4.74. The maximum absolute atomic E-state index is 12.4. The average molecular weight is 470 g/mol. The second kappa shape index (κ2) is 9.68. The molecule has 0 spiro atoms. The summed E-state index contributed by atoms with van der Waals surface area (Å²) in [5, 5.41) is 3.46. The molecule has 1 heterocycles. The lowest BCUT2D eigenvalue weighted by Crippen LogP contribution is -2.51. The van der Waals surface area contributed by atoms with Gasteiger partial charge in [-0.1, -0.05) is 29.3 Å². The number of rotatable bonds is 6. The standard InChI is InChI=1S/C20H21Cl2N3O4S/c21-15-4-6-18(7-5-15)30(28,29)14-19(26)23-13-20(27)25-10-8-24(9-11-25)17-3-1-2-16(22)12-17/h1-7,12H,8-11,13-14H2,(H,23,26). The molecule has 1 N–H and O–H groups in total. The van der Waals surface area contributed by atoms with Crippen LogP contribution in [0.3, 0.4) is 0 Å². The summed E-state index contributed by atoms with van der Waals surface area (Å²) in [6.07, 6.45) is 0. The van der Waals surface area contributed by atoms with Gasteiger partial charge in [0, 0.05) is 41.9 Å². The zero-order chi connectivity index (χ0) is 21.7. The third kappa shape index (κ3) is 5.87. The van der Waals surface area contributed by atoms with Gasteiger partial charge in [-0.3, -0.25) is 9.59 Å². The molecule has 10 heteroatoms. The molecule has 30 heavy (non-hydrogen) atoms. The average Bonchev–Trinajstić information content (AvgIpc) is 2.72. The van der Waals surface area contributed by atoms with E-state index in [-0.39, 0.29) is 17.3 Å². The van der Waals surface area contributed by atoms with Crippen LogP contribution in [-0.2, 0) is 19.4 Å². The minimum absolute atomic E-state index is 0.00511. The summed E-state index contributed by atoms with van der Waals surface area (Å²) >= 11 is 11.8. The quantitative estimate of drug-likeness (QED) is 0.700. The van der Waals surface area contributed by atoms with Gasteiger partial charge in [0.1, 0.15) is 5.75 Å². The van der Waals surface area contributed by atoms with Crippen molar-refractivity contribution >= 4 is 50.5 Å². The van der Waals surface area contributed by atoms with E-state index >= 15 is 0 Å². The molecule has 0 atom stereocenters. The Morgan fingerprint density at radius 2 is 1.60 bits per heavy atom. The van der Waals surface area contributed by atoms with E-state index in [1.807, 2.05) is 18.2 Å². The topological polar surface area (TPSA) is 86.8 Å². The van der Waals surface area contributed by atoms with Gasteiger partial charge < -0.3 is 15.1 Å². The van der Waals surface area contributed by atoms with Crippen molar-refractivity contribution in [2.75, 3.05) is 43.4 Å². The highest BCUT2D eigenvalue weighted by molar-refractivity contribution is 7.92. The Morgan fingerprint density at radius 3 is 2.23 bits per heavy atom. The zero-order valence-corrected chi connectivity index (χ0v) is 18.4. The van der Waals surface area contributed by atoms with Crippen molar-refractivity contribution in [1.82, 2.24) is 10.2 Å². The summed E-state index contributed by atoms with van der Waals surface area (Å²) in [5.41, 5.74) is 0.996. The van der Waals surface area contributed by atoms with E-state index in [1.54, 1.807) is 11.0 Å². The van der Waals surface area contributed by atoms with Crippen LogP contribution in [0.15, 0.2) is 53.4 Å². The minimum atomic E-state index is -3.80. The molecule has 1 fully saturated rings. The molecule has 0 bridgehead atoms. The number of halogens is 2. The predicted molar refractivity (Wildman–Crippen MR) is 117 cm³/mol. The zero-order valence-electron chi connectivity index (χ0n) is 16.1. The molecular weight excluding hydrogens is 449 g/mol. The van der Waals surface area contributed by atoms with Crippen molar-refractivity contribution in [2.24, 2.45) is 0 Å². The van der Waals surface area contributed by atoms with Crippen LogP contribution in [0.1, 0.15) is 0 Å². The summed E-state index contributed by atoms with van der Waals surface area (Å²) < 4.78 is 24.6. The number of carbonyl (C=O) groups is 2. The lowest BCUT2D eigenvalue weighted by Gasteiger charge is -2.36. The maximum Gasteiger partial charge on any atom is 0.242 e. The van der Waals surface area contributed by atoms with E-state index in [0.717, 1.165) is 5.69 Å². The Hall–Kier alpha value is -2.29. The van der Waals surface area contributed by atoms with Gasteiger partial charge in [-0.15, -0.1) is 0 Å². The Balaban J connectivity index is 1.46. The second-order valence-electron chi connectivity index (χ2n) is 6.84. The smallest absolute Gasteiger partial charge is 0.242 e. The predicted octanol–water partition coefficient (Wildman–Crippen LogP) is 2.23. The fraction of sp³-hybridized carbons (Fsp3) is 0.300. The number of anilines is 1. The van der Waals surface area contributed by atoms with Crippen LogP contribution in [0.5, 0.6) is 0 Å². The first-order valence-electron chi connectivity index (χ1n) is 9.28. The van der Waals surface area contributed by atoms with Crippen LogP contribution in [-0.4, -0.2) is 63.6 Å². The molecule has 7 nitrogen and oxygen atoms in total. The molecule has 1 aliphatic heterocycles. The lowest BCUT2D eigenvalue weighted by atomic mass is 10.2. The minimum Gasteiger partial charge on any atom is -0.368 e. The Labute approximate surface area is 185 Å². The highest BCUT2D eigenvalue weighted by atomic mass is 35.5. The first-order valence-corrected chi connectivity index (χ1v) is 11.7. The van der Waals surface area contributed by atoms with E-state index in [9.17, 15) is 18.0 Å². The van der Waals surface area contributed by atoms with Gasteiger partial charge in [-0.25, -0.2) is 8.42 Å². The highest BCUT2D eigenvalue weighted by Crippen LogP contribution is 2.20. The van der Waals surface area contributed by atoms with Crippen LogP contribution in [0.4, 0.5) is 5.69 Å². The number of hydrogen-bond acceptors (Lipinski definition) is 5. The SMILES string of the molecule is O=C(CS(=O)(=O)c1ccc(Cl)cc1)NCC(=O)N1CCN(c2cccc(Cl)c2)CC1. The molecule has 0 radical (unpaired) electrons. The molecule has 0 unspecified atom stereocenters. The van der Waals surface area contributed by atoms with Crippen molar-refractivity contribution in [3.05, 3.63) is 58.6 Å². The Bertz CT molecular complexity index is 1020. The fourth-order valence-corrected chi connectivity index (χ4v) is 4.60. The van der Waals surface area contributed by atoms with Gasteiger partial charge in [0.05, 0.1) is 11.4 Å². The van der Waals surface area contributed by atoms with Gasteiger partial charge in [0.25, 0.3) is 0 Å². The monoisotopic (exact) mass is 469 g/mol. The summed E-state index contributed by atoms with van der Waals surface area (Å²) in [6.45, 7) is 2.05. The number of nitrogens with one attached hydrogen (secondary N) is 1. The first kappa shape index (κ1) is 22.4. The van der Waals surface area contributed by atoms with E-state index in [0.29, 0.717) is 36.2 Å². The number of carbonyl (C=O) groups excluding carboxylic acids is 2. The van der Waals surface area contributed by atoms with E-state index < -0.39 is 21.5 Å². The molecule has 2 aromatic carbocycles. The van der Waals surface area contributed by atoms with Crippen LogP contribution < -0.4 is 10.2 Å². The van der Waals surface area contributed by atoms with E-state index in [2.05, 4.69) is 10.2 Å². The van der Waals surface area contributed by atoms with E-state index in [1.165, 1.54) is 24.3 Å². The molecule has 160 valence electrons. The number of hydrogen-bond donors (Lipinski definition) is 1. The molecule has 1 aliphatic rings. The summed E-state index contributed by atoms with van der Waals surface area (Å²) in [7, 11) is -3.80. The van der Waals surface area contributed by atoms with Crippen LogP contribution >= 0.6 is 23.2 Å². The van der Waals surface area contributed by atoms with Crippen LogP contribution in [0.25, 0.3) is 0 Å². The maximum atomic E-state index is 12.4. The third-order valence-corrected chi connectivity index (χ3v) is 6.86. The van der Waals surface area contributed by atoms with Gasteiger partial charge in [-0.2, -0.15) is 0 Å². The number of piperazine rings is 1. The normalized spacial score (nSPS) is 14.5. The number of benzene rings is 2. The highest BCUT2D eigenvalue weighted by Gasteiger charge is 2.23. The molecule has 2 amide bonds. The first-order chi connectivity index (χ1) is 14.2. The van der Waals surface area contributed by atoms with Crippen molar-refractivity contribution in [2.45, 2.75) is 4.90 Å². The van der Waals surface area contributed by atoms with Gasteiger partial charge in [-0.05, 0) is 42.5 Å². The van der Waals surface area contributed by atoms with Crippen molar-refractivity contribution in [3.63, 3.8) is 0 Å². The molecule has 3 rings (SSSR count). The van der Waals surface area contributed by atoms with Crippen molar-refractivity contribution in [1.29, 1.82) is 0 Å². The molecule has 0 saturated carbocycles. The number of nitrogens with zero attached hydrogens (tertiary/aromatic N) is 2. The number of sulfone groups is 1. The van der Waals surface area contributed by atoms with Crippen molar-refractivity contribution in [3.8, 4) is 0 Å². The Kier molecular flexibility index (Phi) is 7.23. The van der Waals surface area contributed by atoms with Gasteiger partial charge in [0.15, 0.2) is 9.84 Å². The Morgan fingerprint density at radius 1 is 0.933 bits per heavy atom. The summed E-state index contributed by atoms with van der Waals surface area (Å²) in [6, 6.07) is 13.1. The van der Waals surface area contributed by atoms with Gasteiger partial charge >= 0.3 is 0 Å². The molecule has 0 aromatic heterocycles. The molecule has 0 aliphatic carbocycles. The van der Waals surface area contributed by atoms with Gasteiger partial charge in [0.2, 0.25) is 11.8 Å². The largest absolute Gasteiger partial charge is 0.368 e. The molecule has 1 saturated heterocycles. The molecular formula is C20H21Cl2N3O4S. The van der Waals surface area contributed by atoms with Crippen molar-refractivity contribution < 1.29 is 18.0 Å². The van der Waals surface area contributed by atoms with Crippen LogP contribution in [0.2, 0.25) is 10.0 Å².